The molecule has 0 bridgehead atoms. The molecule has 10 heteroatoms. The number of hydrogen-bond donors (Lipinski definition) is 1. The summed E-state index contributed by atoms with van der Waals surface area (Å²) >= 11 is 0. The molecule has 0 radical (unpaired) electrons. The van der Waals surface area contributed by atoms with Crippen molar-refractivity contribution in [3.8, 4) is 23.0 Å². The van der Waals surface area contributed by atoms with Gasteiger partial charge in [-0.05, 0) is 37.1 Å². The van der Waals surface area contributed by atoms with Gasteiger partial charge in [0, 0.05) is 31.8 Å². The van der Waals surface area contributed by atoms with Crippen LogP contribution in [0.2, 0.25) is 0 Å². The molecule has 0 atom stereocenters. The van der Waals surface area contributed by atoms with E-state index in [2.05, 4.69) is 14.9 Å². The second-order valence-corrected chi connectivity index (χ2v) is 8.66. The van der Waals surface area contributed by atoms with E-state index in [1.54, 1.807) is 25.4 Å². The SMILES string of the molecule is COc1cc(C(=O)N2CCN(c3cnc(N)cc3OC)CC23CC3)ncc1Oc1ccc(F)cc1. The molecule has 1 saturated heterocycles. The van der Waals surface area contributed by atoms with Crippen LogP contribution in [0.3, 0.4) is 0 Å². The van der Waals surface area contributed by atoms with Gasteiger partial charge < -0.3 is 29.7 Å². The van der Waals surface area contributed by atoms with Gasteiger partial charge in [0.2, 0.25) is 0 Å². The molecule has 1 aliphatic carbocycles. The van der Waals surface area contributed by atoms with Gasteiger partial charge >= 0.3 is 0 Å². The molecule has 2 aromatic heterocycles. The first-order chi connectivity index (χ1) is 16.9. The summed E-state index contributed by atoms with van der Waals surface area (Å²) in [6.45, 7) is 1.83. The van der Waals surface area contributed by atoms with E-state index in [1.165, 1.54) is 37.6 Å². The lowest BCUT2D eigenvalue weighted by Crippen LogP contribution is -2.57. The maximum atomic E-state index is 13.5. The molecular weight excluding hydrogens is 453 g/mol. The van der Waals surface area contributed by atoms with Crippen LogP contribution < -0.4 is 24.8 Å². The predicted octanol–water partition coefficient (Wildman–Crippen LogP) is 3.50. The number of nitrogen functional groups attached to an aromatic ring is 1. The Labute approximate surface area is 202 Å². The molecule has 1 spiro atoms. The van der Waals surface area contributed by atoms with Crippen LogP contribution in [0.5, 0.6) is 23.0 Å². The first-order valence-electron chi connectivity index (χ1n) is 11.3. The summed E-state index contributed by atoms with van der Waals surface area (Å²) in [5, 5.41) is 0. The summed E-state index contributed by atoms with van der Waals surface area (Å²) in [6.07, 6.45) is 4.98. The Balaban J connectivity index is 1.34. The number of anilines is 2. The number of ether oxygens (including phenoxy) is 3. The first-order valence-corrected chi connectivity index (χ1v) is 11.3. The average Bonchev–Trinajstić information content (AvgIpc) is 3.64. The number of carbonyl (C=O) groups is 1. The van der Waals surface area contributed by atoms with Gasteiger partial charge in [-0.2, -0.15) is 0 Å². The Morgan fingerprint density at radius 3 is 2.43 bits per heavy atom. The van der Waals surface area contributed by atoms with E-state index in [9.17, 15) is 9.18 Å². The monoisotopic (exact) mass is 479 g/mol. The van der Waals surface area contributed by atoms with Crippen molar-refractivity contribution in [2.24, 2.45) is 0 Å². The minimum Gasteiger partial charge on any atom is -0.494 e. The zero-order chi connectivity index (χ0) is 24.6. The van der Waals surface area contributed by atoms with Gasteiger partial charge in [0.05, 0.1) is 37.8 Å². The van der Waals surface area contributed by atoms with Crippen LogP contribution >= 0.6 is 0 Å². The van der Waals surface area contributed by atoms with E-state index in [4.69, 9.17) is 19.9 Å². The molecule has 35 heavy (non-hydrogen) atoms. The molecule has 182 valence electrons. The van der Waals surface area contributed by atoms with Gasteiger partial charge in [-0.1, -0.05) is 0 Å². The van der Waals surface area contributed by atoms with Crippen molar-refractivity contribution in [3.05, 3.63) is 60.3 Å². The fourth-order valence-corrected chi connectivity index (χ4v) is 4.46. The molecule has 1 aliphatic heterocycles. The van der Waals surface area contributed by atoms with Gasteiger partial charge in [-0.3, -0.25) is 4.79 Å². The summed E-state index contributed by atoms with van der Waals surface area (Å²) in [5.41, 5.74) is 6.68. The zero-order valence-electron chi connectivity index (χ0n) is 19.5. The van der Waals surface area contributed by atoms with Crippen LogP contribution in [0.15, 0.2) is 48.8 Å². The van der Waals surface area contributed by atoms with Crippen molar-refractivity contribution in [2.45, 2.75) is 18.4 Å². The van der Waals surface area contributed by atoms with E-state index >= 15 is 0 Å². The summed E-state index contributed by atoms with van der Waals surface area (Å²) in [6, 6.07) is 8.91. The lowest BCUT2D eigenvalue weighted by Gasteiger charge is -2.43. The number of aromatic nitrogens is 2. The van der Waals surface area contributed by atoms with E-state index in [-0.39, 0.29) is 23.0 Å². The fraction of sp³-hybridized carbons (Fsp3) is 0.320. The van der Waals surface area contributed by atoms with E-state index in [0.717, 1.165) is 18.5 Å². The third kappa shape index (κ3) is 4.39. The number of methoxy groups -OCH3 is 2. The number of carbonyl (C=O) groups excluding carboxylic acids is 1. The van der Waals surface area contributed by atoms with Crippen molar-refractivity contribution in [2.75, 3.05) is 44.5 Å². The van der Waals surface area contributed by atoms with Crippen molar-refractivity contribution in [3.63, 3.8) is 0 Å². The van der Waals surface area contributed by atoms with Gasteiger partial charge in [-0.25, -0.2) is 14.4 Å². The molecule has 2 N–H and O–H groups in total. The third-order valence-corrected chi connectivity index (χ3v) is 6.46. The molecule has 3 aromatic rings. The topological polar surface area (TPSA) is 103 Å². The first kappa shape index (κ1) is 22.7. The Hall–Kier alpha value is -4.08. The van der Waals surface area contributed by atoms with Gasteiger partial charge in [0.1, 0.15) is 28.8 Å². The molecule has 0 unspecified atom stereocenters. The summed E-state index contributed by atoms with van der Waals surface area (Å²) in [7, 11) is 3.10. The minimum atomic E-state index is -0.358. The van der Waals surface area contributed by atoms with E-state index in [0.29, 0.717) is 48.5 Å². The molecule has 2 fully saturated rings. The minimum absolute atomic E-state index is 0.156. The molecule has 1 aromatic carbocycles. The number of benzene rings is 1. The Morgan fingerprint density at radius 2 is 1.74 bits per heavy atom. The molecule has 2 aliphatic rings. The zero-order valence-corrected chi connectivity index (χ0v) is 19.5. The van der Waals surface area contributed by atoms with Crippen LogP contribution in [0.4, 0.5) is 15.9 Å². The van der Waals surface area contributed by atoms with E-state index in [1.807, 2.05) is 4.90 Å². The number of halogens is 1. The normalized spacial score (nSPS) is 16.2. The van der Waals surface area contributed by atoms with Crippen molar-refractivity contribution in [1.82, 2.24) is 14.9 Å². The molecule has 5 rings (SSSR count). The number of nitrogens with zero attached hydrogens (tertiary/aromatic N) is 4. The summed E-state index contributed by atoms with van der Waals surface area (Å²) in [5.74, 6) is 1.69. The van der Waals surface area contributed by atoms with Crippen molar-refractivity contribution >= 4 is 17.4 Å². The van der Waals surface area contributed by atoms with Gasteiger partial charge in [0.25, 0.3) is 5.91 Å². The van der Waals surface area contributed by atoms with Crippen molar-refractivity contribution < 1.29 is 23.4 Å². The van der Waals surface area contributed by atoms with Crippen molar-refractivity contribution in [1.29, 1.82) is 0 Å². The van der Waals surface area contributed by atoms with Crippen LogP contribution in [0.1, 0.15) is 23.3 Å². The van der Waals surface area contributed by atoms with Gasteiger partial charge in [0.15, 0.2) is 11.5 Å². The molecule has 1 amide bonds. The Morgan fingerprint density at radius 1 is 1.00 bits per heavy atom. The number of rotatable bonds is 6. The standard InChI is InChI=1S/C25H26FN5O4/c1-33-20-12-23(27)29-13-19(20)30-9-10-31(25(15-30)7-8-25)24(32)18-11-21(34-2)22(14-28-18)35-17-5-3-16(26)4-6-17/h3-6,11-14H,7-10,15H2,1-2H3,(H2,27,29). The highest BCUT2D eigenvalue weighted by atomic mass is 19.1. The molecule has 1 saturated carbocycles. The van der Waals surface area contributed by atoms with E-state index < -0.39 is 0 Å². The van der Waals surface area contributed by atoms with Crippen LogP contribution in [0.25, 0.3) is 0 Å². The fourth-order valence-electron chi connectivity index (χ4n) is 4.46. The van der Waals surface area contributed by atoms with Crippen LogP contribution in [-0.4, -0.2) is 60.2 Å². The molecular formula is C25H26FN5O4. The summed E-state index contributed by atoms with van der Waals surface area (Å²) < 4.78 is 29.9. The Kier molecular flexibility index (Phi) is 5.80. The maximum Gasteiger partial charge on any atom is 0.273 e. The number of nitrogens with two attached hydrogens (primary N) is 1. The smallest absolute Gasteiger partial charge is 0.273 e. The van der Waals surface area contributed by atoms with Crippen LogP contribution in [-0.2, 0) is 0 Å². The number of piperazine rings is 1. The predicted molar refractivity (Wildman–Crippen MR) is 128 cm³/mol. The average molecular weight is 480 g/mol. The maximum absolute atomic E-state index is 13.5. The highest BCUT2D eigenvalue weighted by Gasteiger charge is 2.53. The number of pyridine rings is 2. The second-order valence-electron chi connectivity index (χ2n) is 8.66. The molecule has 9 nitrogen and oxygen atoms in total. The largest absolute Gasteiger partial charge is 0.494 e. The van der Waals surface area contributed by atoms with Crippen LogP contribution in [0, 0.1) is 5.82 Å². The quantitative estimate of drug-likeness (QED) is 0.573. The molecule has 3 heterocycles. The highest BCUT2D eigenvalue weighted by molar-refractivity contribution is 5.94. The Bertz CT molecular complexity index is 1250. The lowest BCUT2D eigenvalue weighted by atomic mass is 10.1. The lowest BCUT2D eigenvalue weighted by molar-refractivity contribution is 0.0617. The van der Waals surface area contributed by atoms with Gasteiger partial charge in [-0.15, -0.1) is 0 Å². The number of amides is 1. The number of hydrogen-bond acceptors (Lipinski definition) is 8. The second kappa shape index (κ2) is 8.94. The third-order valence-electron chi connectivity index (χ3n) is 6.46. The highest BCUT2D eigenvalue weighted by Crippen LogP contribution is 2.47. The summed E-state index contributed by atoms with van der Waals surface area (Å²) in [4.78, 5) is 26.2.